The molecule has 2 amide bonds. The smallest absolute Gasteiger partial charge is 0.310 e. The lowest BCUT2D eigenvalue weighted by Crippen LogP contribution is -2.41. The fourth-order valence-electron chi connectivity index (χ4n) is 3.84. The Balaban J connectivity index is 1.62. The Morgan fingerprint density at radius 3 is 1.42 bits per heavy atom. The van der Waals surface area contributed by atoms with Crippen molar-refractivity contribution >= 4 is 58.7 Å². The van der Waals surface area contributed by atoms with E-state index < -0.39 is 23.8 Å². The highest BCUT2D eigenvalue weighted by molar-refractivity contribution is 8.25. The predicted molar refractivity (Wildman–Crippen MR) is 145 cm³/mol. The first-order chi connectivity index (χ1) is 18.4. The first-order valence-corrected chi connectivity index (χ1v) is 13.5. The van der Waals surface area contributed by atoms with Crippen LogP contribution in [0.4, 0.5) is 11.4 Å². The lowest BCUT2D eigenvalue weighted by Gasteiger charge is -2.27. The van der Waals surface area contributed by atoms with Crippen LogP contribution in [0.5, 0.6) is 11.5 Å². The molecule has 0 N–H and O–H groups in total. The van der Waals surface area contributed by atoms with Crippen molar-refractivity contribution in [2.45, 2.75) is 36.5 Å². The van der Waals surface area contributed by atoms with Crippen molar-refractivity contribution in [2.24, 2.45) is 0 Å². The molecule has 3 aromatic carbocycles. The fraction of sp³-hybridized carbons (Fsp3) is 0.143. The molecule has 2 heterocycles. The lowest BCUT2D eigenvalue weighted by molar-refractivity contribution is -0.135. The number of para-hydroxylation sites is 2. The van der Waals surface area contributed by atoms with E-state index in [1.807, 2.05) is 12.1 Å². The molecule has 2 aliphatic rings. The zero-order valence-electron chi connectivity index (χ0n) is 20.5. The van der Waals surface area contributed by atoms with Gasteiger partial charge in [0.1, 0.15) is 17.1 Å². The first kappa shape index (κ1) is 25.6. The largest absolute Gasteiger partial charge is 0.425 e. The Hall–Kier alpha value is -4.02. The Morgan fingerprint density at radius 1 is 0.658 bits per heavy atom. The fourth-order valence-corrected chi connectivity index (χ4v) is 6.49. The molecule has 2 aliphatic heterocycles. The molecule has 0 spiro atoms. The summed E-state index contributed by atoms with van der Waals surface area (Å²) in [6.45, 7) is 3.36. The van der Waals surface area contributed by atoms with Gasteiger partial charge in [0, 0.05) is 12.8 Å². The topological polar surface area (TPSA) is 93.2 Å². The molecule has 8 nitrogen and oxygen atoms in total. The van der Waals surface area contributed by atoms with Gasteiger partial charge < -0.3 is 9.47 Å². The number of anilines is 2. The third-order valence-electron chi connectivity index (χ3n) is 5.67. The second-order valence-corrected chi connectivity index (χ2v) is 10.4. The average molecular weight is 547 g/mol. The molecular weight excluding hydrogens is 524 g/mol. The summed E-state index contributed by atoms with van der Waals surface area (Å²) in [5.41, 5.74) is 1.04. The summed E-state index contributed by atoms with van der Waals surface area (Å²) in [5, 5.41) is 2.69. The molecule has 1 fully saturated rings. The van der Waals surface area contributed by atoms with Gasteiger partial charge in [0.15, 0.2) is 0 Å². The quantitative estimate of drug-likeness (QED) is 0.168. The standard InChI is InChI=1S/C28H22N2O6S2/c1-3-21(31)35-19-15-16-20(36-22(32)4-2)25-24(19)37-28(38-25)23-26(33)29(17-11-7-5-8-12-17)30(27(23)34)18-13-9-6-10-14-18/h5-16H,3-4H2,1-2H3. The van der Waals surface area contributed by atoms with E-state index in [0.29, 0.717) is 25.4 Å². The zero-order chi connectivity index (χ0) is 26.8. The number of ether oxygens (including phenoxy) is 2. The van der Waals surface area contributed by atoms with Crippen LogP contribution in [0.15, 0.2) is 92.4 Å². The molecule has 0 saturated carbocycles. The number of amides is 2. The van der Waals surface area contributed by atoms with Gasteiger partial charge in [0.05, 0.1) is 25.4 Å². The maximum atomic E-state index is 13.9. The molecule has 5 rings (SSSR count). The number of fused-ring (bicyclic) bond motifs is 1. The number of hydrazine groups is 1. The highest BCUT2D eigenvalue weighted by Crippen LogP contribution is 2.59. The zero-order valence-corrected chi connectivity index (χ0v) is 22.1. The SMILES string of the molecule is CCC(=O)Oc1ccc(OC(=O)CC)c2c1SC(=C1C(=O)N(c3ccccc3)N(c3ccccc3)C1=O)S2. The number of esters is 2. The van der Waals surface area contributed by atoms with Crippen molar-refractivity contribution in [3.8, 4) is 11.5 Å². The van der Waals surface area contributed by atoms with E-state index in [4.69, 9.17) is 9.47 Å². The van der Waals surface area contributed by atoms with Gasteiger partial charge in [0.2, 0.25) is 0 Å². The van der Waals surface area contributed by atoms with E-state index >= 15 is 0 Å². The van der Waals surface area contributed by atoms with Crippen molar-refractivity contribution in [1.82, 2.24) is 0 Å². The summed E-state index contributed by atoms with van der Waals surface area (Å²) < 4.78 is 11.4. The number of carbonyl (C=O) groups excluding carboxylic acids is 4. The Bertz CT molecular complexity index is 1360. The van der Waals surface area contributed by atoms with E-state index in [1.54, 1.807) is 74.5 Å². The number of rotatable bonds is 6. The molecule has 0 unspecified atom stereocenters. The number of thioether (sulfide) groups is 2. The van der Waals surface area contributed by atoms with Crippen LogP contribution < -0.4 is 19.5 Å². The van der Waals surface area contributed by atoms with Crippen LogP contribution in [0.25, 0.3) is 0 Å². The normalized spacial score (nSPS) is 14.7. The van der Waals surface area contributed by atoms with Crippen molar-refractivity contribution in [3.05, 3.63) is 82.6 Å². The van der Waals surface area contributed by atoms with E-state index in [0.717, 1.165) is 23.5 Å². The Labute approximate surface area is 227 Å². The van der Waals surface area contributed by atoms with Gasteiger partial charge in [-0.3, -0.25) is 19.2 Å². The summed E-state index contributed by atoms with van der Waals surface area (Å²) in [6, 6.07) is 20.9. The second kappa shape index (κ2) is 10.8. The molecule has 0 atom stereocenters. The molecule has 0 bridgehead atoms. The first-order valence-electron chi connectivity index (χ1n) is 11.9. The van der Waals surface area contributed by atoms with Gasteiger partial charge >= 0.3 is 11.9 Å². The minimum atomic E-state index is -0.493. The summed E-state index contributed by atoms with van der Waals surface area (Å²) in [7, 11) is 0. The number of carbonyl (C=O) groups is 4. The minimum absolute atomic E-state index is 0.0237. The number of nitrogens with zero attached hydrogens (tertiary/aromatic N) is 2. The van der Waals surface area contributed by atoms with Crippen LogP contribution in [-0.4, -0.2) is 23.8 Å². The van der Waals surface area contributed by atoms with E-state index in [9.17, 15) is 19.2 Å². The molecule has 0 radical (unpaired) electrons. The molecular formula is C28H22N2O6S2. The molecule has 1 saturated heterocycles. The van der Waals surface area contributed by atoms with Crippen LogP contribution in [-0.2, 0) is 19.2 Å². The van der Waals surface area contributed by atoms with Crippen molar-refractivity contribution < 1.29 is 28.7 Å². The van der Waals surface area contributed by atoms with Crippen LogP contribution >= 0.6 is 23.5 Å². The number of hydrogen-bond donors (Lipinski definition) is 0. The third-order valence-corrected chi connectivity index (χ3v) is 8.30. The monoisotopic (exact) mass is 546 g/mol. The second-order valence-electron chi connectivity index (χ2n) is 8.15. The Kier molecular flexibility index (Phi) is 7.26. The minimum Gasteiger partial charge on any atom is -0.425 e. The molecule has 0 aromatic heterocycles. The van der Waals surface area contributed by atoms with E-state index in [1.165, 1.54) is 10.0 Å². The summed E-state index contributed by atoms with van der Waals surface area (Å²) >= 11 is 2.28. The summed E-state index contributed by atoms with van der Waals surface area (Å²) in [6.07, 6.45) is 0.338. The van der Waals surface area contributed by atoms with Gasteiger partial charge in [-0.1, -0.05) is 73.8 Å². The molecule has 0 aliphatic carbocycles. The summed E-state index contributed by atoms with van der Waals surface area (Å²) in [5.74, 6) is -1.31. The number of hydrogen-bond acceptors (Lipinski definition) is 8. The highest BCUT2D eigenvalue weighted by Gasteiger charge is 2.46. The van der Waals surface area contributed by atoms with Crippen molar-refractivity contribution in [3.63, 3.8) is 0 Å². The van der Waals surface area contributed by atoms with Gasteiger partial charge in [-0.25, -0.2) is 10.0 Å². The van der Waals surface area contributed by atoms with Crippen molar-refractivity contribution in [1.29, 1.82) is 0 Å². The van der Waals surface area contributed by atoms with Crippen molar-refractivity contribution in [2.75, 3.05) is 10.0 Å². The van der Waals surface area contributed by atoms with Gasteiger partial charge in [0.25, 0.3) is 11.8 Å². The Morgan fingerprint density at radius 2 is 1.05 bits per heavy atom. The molecule has 3 aromatic rings. The predicted octanol–water partition coefficient (Wildman–Crippen LogP) is 5.72. The molecule has 38 heavy (non-hydrogen) atoms. The van der Waals surface area contributed by atoms with Crippen LogP contribution in [0, 0.1) is 0 Å². The average Bonchev–Trinajstić information content (AvgIpc) is 3.49. The van der Waals surface area contributed by atoms with E-state index in [2.05, 4.69) is 0 Å². The van der Waals surface area contributed by atoms with Gasteiger partial charge in [-0.05, 0) is 36.4 Å². The number of benzene rings is 3. The van der Waals surface area contributed by atoms with E-state index in [-0.39, 0.29) is 29.9 Å². The van der Waals surface area contributed by atoms with Gasteiger partial charge in [-0.15, -0.1) is 0 Å². The maximum absolute atomic E-state index is 13.9. The van der Waals surface area contributed by atoms with Crippen LogP contribution in [0.3, 0.4) is 0 Å². The highest BCUT2D eigenvalue weighted by atomic mass is 32.2. The lowest BCUT2D eigenvalue weighted by atomic mass is 10.2. The summed E-state index contributed by atoms with van der Waals surface area (Å²) in [4.78, 5) is 52.9. The molecule has 192 valence electrons. The molecule has 10 heteroatoms. The van der Waals surface area contributed by atoms with Crippen LogP contribution in [0.1, 0.15) is 26.7 Å². The van der Waals surface area contributed by atoms with Gasteiger partial charge in [-0.2, -0.15) is 0 Å². The van der Waals surface area contributed by atoms with Crippen LogP contribution in [0.2, 0.25) is 0 Å². The maximum Gasteiger partial charge on any atom is 0.310 e. The third kappa shape index (κ3) is 4.68.